The summed E-state index contributed by atoms with van der Waals surface area (Å²) < 4.78 is 1.82. The number of para-hydroxylation sites is 1. The normalized spacial score (nSPS) is 14.4. The van der Waals surface area contributed by atoms with Crippen molar-refractivity contribution in [2.24, 2.45) is 5.10 Å². The Morgan fingerprint density at radius 1 is 1.14 bits per heavy atom. The summed E-state index contributed by atoms with van der Waals surface area (Å²) in [7, 11) is 0. The number of likely N-dealkylation sites (N-methyl/N-ethyl adjacent to an activating group) is 1. The summed E-state index contributed by atoms with van der Waals surface area (Å²) in [5.74, 6) is -0.125. The number of aromatic nitrogens is 2. The van der Waals surface area contributed by atoms with E-state index in [9.17, 15) is 4.79 Å². The van der Waals surface area contributed by atoms with E-state index in [0.717, 1.165) is 22.5 Å². The first-order valence-electron chi connectivity index (χ1n) is 9.45. The number of carbonyl (C=O) groups excluding carboxylic acids is 1. The summed E-state index contributed by atoms with van der Waals surface area (Å²) in [6, 6.07) is 18.1. The average molecular weight is 404 g/mol. The molecule has 0 spiro atoms. The van der Waals surface area contributed by atoms with Crippen molar-refractivity contribution in [2.45, 2.75) is 13.8 Å². The van der Waals surface area contributed by atoms with Gasteiger partial charge in [0.2, 0.25) is 0 Å². The lowest BCUT2D eigenvalue weighted by Gasteiger charge is -2.14. The van der Waals surface area contributed by atoms with Crippen molar-refractivity contribution < 1.29 is 4.79 Å². The van der Waals surface area contributed by atoms with Crippen LogP contribution in [-0.4, -0.2) is 50.0 Å². The quantitative estimate of drug-likeness (QED) is 0.482. The number of benzene rings is 2. The van der Waals surface area contributed by atoms with Crippen molar-refractivity contribution in [3.05, 3.63) is 71.9 Å². The highest BCUT2D eigenvalue weighted by Crippen LogP contribution is 2.23. The Morgan fingerprint density at radius 2 is 1.86 bits per heavy atom. The van der Waals surface area contributed by atoms with Crippen LogP contribution in [0, 0.1) is 6.92 Å². The molecule has 1 fully saturated rings. The average Bonchev–Trinajstić information content (AvgIpc) is 3.28. The highest BCUT2D eigenvalue weighted by Gasteiger charge is 2.31. The van der Waals surface area contributed by atoms with Crippen LogP contribution in [0.25, 0.3) is 16.9 Å². The second kappa shape index (κ2) is 7.97. The number of amides is 1. The summed E-state index contributed by atoms with van der Waals surface area (Å²) in [6.45, 7) is 4.96. The maximum atomic E-state index is 12.3. The van der Waals surface area contributed by atoms with Crippen LogP contribution >= 0.6 is 12.2 Å². The summed E-state index contributed by atoms with van der Waals surface area (Å²) >= 11 is 5.37. The molecule has 2 heterocycles. The zero-order valence-electron chi connectivity index (χ0n) is 16.3. The van der Waals surface area contributed by atoms with E-state index in [4.69, 9.17) is 17.3 Å². The molecule has 0 N–H and O–H groups in total. The molecule has 0 radical (unpaired) electrons. The highest BCUT2D eigenvalue weighted by molar-refractivity contribution is 7.80. The molecule has 1 amide bonds. The van der Waals surface area contributed by atoms with E-state index < -0.39 is 0 Å². The number of thiocarbonyl (C=S) groups is 1. The van der Waals surface area contributed by atoms with E-state index in [2.05, 4.69) is 17.2 Å². The third-order valence-corrected chi connectivity index (χ3v) is 5.23. The summed E-state index contributed by atoms with van der Waals surface area (Å²) in [5.41, 5.74) is 4.72. The fraction of sp³-hybridized carbons (Fsp3) is 0.182. The first-order chi connectivity index (χ1) is 14.1. The zero-order chi connectivity index (χ0) is 20.4. The van der Waals surface area contributed by atoms with Gasteiger partial charge in [0.25, 0.3) is 5.91 Å². The van der Waals surface area contributed by atoms with Gasteiger partial charge < -0.3 is 4.90 Å². The summed E-state index contributed by atoms with van der Waals surface area (Å²) in [4.78, 5) is 14.1. The Morgan fingerprint density at radius 3 is 2.52 bits per heavy atom. The molecule has 1 aliphatic heterocycles. The predicted molar refractivity (Wildman–Crippen MR) is 118 cm³/mol. The van der Waals surface area contributed by atoms with Gasteiger partial charge in [0.1, 0.15) is 12.2 Å². The molecule has 6 nitrogen and oxygen atoms in total. The molecule has 0 atom stereocenters. The van der Waals surface area contributed by atoms with Gasteiger partial charge in [0.05, 0.1) is 11.9 Å². The number of nitrogens with zero attached hydrogens (tertiary/aromatic N) is 5. The number of carbonyl (C=O) groups is 1. The van der Waals surface area contributed by atoms with Crippen LogP contribution in [0.2, 0.25) is 0 Å². The minimum atomic E-state index is -0.125. The standard InChI is InChI=1S/C22H21N5OS/c1-3-25-15-20(28)27(22(25)29)23-13-18-14-26(19-7-5-4-6-8-19)24-21(18)17-11-9-16(2)10-12-17/h4-14H,3,15H2,1-2H3/b23-13-. The van der Waals surface area contributed by atoms with E-state index in [0.29, 0.717) is 11.7 Å². The lowest BCUT2D eigenvalue weighted by molar-refractivity contribution is -0.125. The monoisotopic (exact) mass is 403 g/mol. The van der Waals surface area contributed by atoms with Crippen molar-refractivity contribution in [1.29, 1.82) is 0 Å². The van der Waals surface area contributed by atoms with Gasteiger partial charge in [0, 0.05) is 23.9 Å². The van der Waals surface area contributed by atoms with Gasteiger partial charge in [-0.25, -0.2) is 4.68 Å². The van der Waals surface area contributed by atoms with Crippen molar-refractivity contribution in [2.75, 3.05) is 13.1 Å². The second-order valence-corrected chi connectivity index (χ2v) is 7.19. The molecular weight excluding hydrogens is 382 g/mol. The molecule has 0 bridgehead atoms. The molecule has 7 heteroatoms. The predicted octanol–water partition coefficient (Wildman–Crippen LogP) is 3.63. The second-order valence-electron chi connectivity index (χ2n) is 6.83. The molecule has 3 aromatic rings. The number of aryl methyl sites for hydroxylation is 1. The molecule has 4 rings (SSSR count). The summed E-state index contributed by atoms with van der Waals surface area (Å²) in [5, 5.41) is 10.9. The van der Waals surface area contributed by atoms with E-state index in [-0.39, 0.29) is 12.5 Å². The minimum Gasteiger partial charge on any atom is -0.338 e. The number of hydrazone groups is 1. The molecule has 1 saturated heterocycles. The van der Waals surface area contributed by atoms with Gasteiger partial charge in [-0.15, -0.1) is 0 Å². The van der Waals surface area contributed by atoms with Gasteiger partial charge in [-0.2, -0.15) is 15.2 Å². The number of hydrogen-bond acceptors (Lipinski definition) is 4. The van der Waals surface area contributed by atoms with Crippen LogP contribution < -0.4 is 0 Å². The molecule has 0 aliphatic carbocycles. The van der Waals surface area contributed by atoms with E-state index in [1.54, 1.807) is 6.21 Å². The van der Waals surface area contributed by atoms with Crippen LogP contribution in [0.3, 0.4) is 0 Å². The van der Waals surface area contributed by atoms with Crippen molar-refractivity contribution in [3.8, 4) is 16.9 Å². The van der Waals surface area contributed by atoms with Gasteiger partial charge >= 0.3 is 0 Å². The molecule has 146 valence electrons. The zero-order valence-corrected chi connectivity index (χ0v) is 17.1. The lowest BCUT2D eigenvalue weighted by Crippen LogP contribution is -2.29. The number of rotatable bonds is 5. The third kappa shape index (κ3) is 3.82. The van der Waals surface area contributed by atoms with E-state index in [1.165, 1.54) is 10.6 Å². The Labute approximate surface area is 175 Å². The molecule has 29 heavy (non-hydrogen) atoms. The van der Waals surface area contributed by atoms with Crippen LogP contribution in [0.5, 0.6) is 0 Å². The van der Waals surface area contributed by atoms with Crippen LogP contribution in [-0.2, 0) is 4.79 Å². The van der Waals surface area contributed by atoms with Crippen molar-refractivity contribution in [1.82, 2.24) is 19.7 Å². The Bertz CT molecular complexity index is 1070. The lowest BCUT2D eigenvalue weighted by atomic mass is 10.1. The Kier molecular flexibility index (Phi) is 5.22. The molecule has 2 aromatic carbocycles. The van der Waals surface area contributed by atoms with Gasteiger partial charge in [0.15, 0.2) is 5.11 Å². The first-order valence-corrected chi connectivity index (χ1v) is 9.85. The topological polar surface area (TPSA) is 53.7 Å². The van der Waals surface area contributed by atoms with Gasteiger partial charge in [-0.3, -0.25) is 4.79 Å². The largest absolute Gasteiger partial charge is 0.338 e. The van der Waals surface area contributed by atoms with Gasteiger partial charge in [-0.1, -0.05) is 48.0 Å². The first kappa shape index (κ1) is 19.0. The van der Waals surface area contributed by atoms with Crippen LogP contribution in [0.4, 0.5) is 0 Å². The van der Waals surface area contributed by atoms with Crippen molar-refractivity contribution in [3.63, 3.8) is 0 Å². The van der Waals surface area contributed by atoms with E-state index in [1.807, 2.05) is 72.1 Å². The van der Waals surface area contributed by atoms with Gasteiger partial charge in [-0.05, 0) is 38.2 Å². The maximum Gasteiger partial charge on any atom is 0.269 e. The summed E-state index contributed by atoms with van der Waals surface area (Å²) in [6.07, 6.45) is 3.57. The molecule has 0 unspecified atom stereocenters. The Balaban J connectivity index is 1.73. The molecule has 0 saturated carbocycles. The van der Waals surface area contributed by atoms with Crippen LogP contribution in [0.15, 0.2) is 65.9 Å². The van der Waals surface area contributed by atoms with Crippen molar-refractivity contribution >= 4 is 29.5 Å². The Hall–Kier alpha value is -3.32. The van der Waals surface area contributed by atoms with Crippen LogP contribution in [0.1, 0.15) is 18.1 Å². The van der Waals surface area contributed by atoms with E-state index >= 15 is 0 Å². The number of hydrogen-bond donors (Lipinski definition) is 0. The molecular formula is C22H21N5OS. The smallest absolute Gasteiger partial charge is 0.269 e. The maximum absolute atomic E-state index is 12.3. The fourth-order valence-corrected chi connectivity index (χ4v) is 3.49. The fourth-order valence-electron chi connectivity index (χ4n) is 3.15. The third-order valence-electron chi connectivity index (χ3n) is 4.80. The SMILES string of the molecule is CCN1CC(=O)N(/N=C\c2cn(-c3ccccc3)nc2-c2ccc(C)cc2)C1=S. The molecule has 1 aliphatic rings. The minimum absolute atomic E-state index is 0.125. The highest BCUT2D eigenvalue weighted by atomic mass is 32.1. The molecule has 1 aromatic heterocycles.